The van der Waals surface area contributed by atoms with Crippen LogP contribution in [-0.4, -0.2) is 19.3 Å². The lowest BCUT2D eigenvalue weighted by molar-refractivity contribution is 0.0699. The topological polar surface area (TPSA) is 45.0 Å². The fourth-order valence-electron chi connectivity index (χ4n) is 2.12. The summed E-state index contributed by atoms with van der Waals surface area (Å²) in [5.74, 6) is 0. The van der Waals surface area contributed by atoms with Crippen LogP contribution in [0.3, 0.4) is 0 Å². The number of hydrogen-bond donors (Lipinski definition) is 1. The van der Waals surface area contributed by atoms with Crippen molar-refractivity contribution in [2.45, 2.75) is 32.4 Å². The number of nitriles is 1. The van der Waals surface area contributed by atoms with Crippen molar-refractivity contribution in [3.63, 3.8) is 0 Å². The quantitative estimate of drug-likeness (QED) is 0.865. The molecule has 1 aliphatic heterocycles. The first kappa shape index (κ1) is 12.1. The molecule has 1 atom stereocenters. The Morgan fingerprint density at radius 2 is 2.41 bits per heavy atom. The predicted molar refractivity (Wildman–Crippen MR) is 66.6 cm³/mol. The van der Waals surface area contributed by atoms with Gasteiger partial charge < -0.3 is 10.1 Å². The number of nitrogens with zero attached hydrogens (tertiary/aromatic N) is 1. The molecular weight excluding hydrogens is 212 g/mol. The maximum absolute atomic E-state index is 8.80. The Bertz CT molecular complexity index is 417. The van der Waals surface area contributed by atoms with Crippen LogP contribution in [0.5, 0.6) is 0 Å². The van der Waals surface area contributed by atoms with E-state index in [1.807, 2.05) is 18.2 Å². The third-order valence-corrected chi connectivity index (χ3v) is 3.21. The minimum atomic E-state index is 0.471. The van der Waals surface area contributed by atoms with Gasteiger partial charge in [-0.05, 0) is 43.0 Å². The number of aryl methyl sites for hydroxylation is 1. The zero-order valence-electron chi connectivity index (χ0n) is 10.2. The molecule has 0 spiro atoms. The monoisotopic (exact) mass is 230 g/mol. The summed E-state index contributed by atoms with van der Waals surface area (Å²) >= 11 is 0. The maximum Gasteiger partial charge on any atom is 0.0991 e. The van der Waals surface area contributed by atoms with Gasteiger partial charge in [0.25, 0.3) is 0 Å². The van der Waals surface area contributed by atoms with Crippen LogP contribution in [0.1, 0.15) is 29.5 Å². The Hall–Kier alpha value is -1.37. The number of rotatable bonds is 3. The van der Waals surface area contributed by atoms with Gasteiger partial charge >= 0.3 is 0 Å². The highest BCUT2D eigenvalue weighted by Crippen LogP contribution is 2.12. The van der Waals surface area contributed by atoms with Gasteiger partial charge in [0, 0.05) is 19.2 Å². The third kappa shape index (κ3) is 3.29. The van der Waals surface area contributed by atoms with Gasteiger partial charge in [-0.25, -0.2) is 0 Å². The zero-order valence-corrected chi connectivity index (χ0v) is 10.2. The molecular formula is C14H18N2O. The summed E-state index contributed by atoms with van der Waals surface area (Å²) in [6.07, 6.45) is 2.33. The molecule has 0 saturated carbocycles. The Labute approximate surface area is 102 Å². The molecule has 1 heterocycles. The molecule has 17 heavy (non-hydrogen) atoms. The Kier molecular flexibility index (Phi) is 4.13. The number of nitrogens with one attached hydrogen (secondary N) is 1. The van der Waals surface area contributed by atoms with Crippen LogP contribution < -0.4 is 5.32 Å². The lowest BCUT2D eigenvalue weighted by Gasteiger charge is -2.23. The molecule has 3 heteroatoms. The molecule has 0 aliphatic carbocycles. The summed E-state index contributed by atoms with van der Waals surface area (Å²) in [5, 5.41) is 12.3. The summed E-state index contributed by atoms with van der Waals surface area (Å²) in [6.45, 7) is 4.62. The zero-order chi connectivity index (χ0) is 12.1. The SMILES string of the molecule is Cc1cc(C#N)ccc1CNC1CCCOC1. The van der Waals surface area contributed by atoms with E-state index in [2.05, 4.69) is 18.3 Å². The van der Waals surface area contributed by atoms with Crippen LogP contribution >= 0.6 is 0 Å². The summed E-state index contributed by atoms with van der Waals surface area (Å²) in [5.41, 5.74) is 3.16. The van der Waals surface area contributed by atoms with E-state index in [4.69, 9.17) is 10.00 Å². The highest BCUT2D eigenvalue weighted by atomic mass is 16.5. The Balaban J connectivity index is 1.92. The van der Waals surface area contributed by atoms with Crippen LogP contribution in [0.2, 0.25) is 0 Å². The molecule has 1 saturated heterocycles. The van der Waals surface area contributed by atoms with Gasteiger partial charge in [-0.1, -0.05) is 6.07 Å². The van der Waals surface area contributed by atoms with E-state index in [-0.39, 0.29) is 0 Å². The second kappa shape index (κ2) is 5.81. The standard InChI is InChI=1S/C14H18N2O/c1-11-7-12(8-15)4-5-13(11)9-16-14-3-2-6-17-10-14/h4-5,7,14,16H,2-3,6,9-10H2,1H3. The third-order valence-electron chi connectivity index (χ3n) is 3.21. The number of benzene rings is 1. The average molecular weight is 230 g/mol. The molecule has 0 radical (unpaired) electrons. The molecule has 0 aromatic heterocycles. The van der Waals surface area contributed by atoms with E-state index in [0.29, 0.717) is 6.04 Å². The van der Waals surface area contributed by atoms with E-state index >= 15 is 0 Å². The largest absolute Gasteiger partial charge is 0.380 e. The predicted octanol–water partition coefficient (Wildman–Crippen LogP) is 2.14. The molecule has 1 aromatic rings. The normalized spacial score (nSPS) is 19.9. The van der Waals surface area contributed by atoms with Gasteiger partial charge in [0.15, 0.2) is 0 Å². The van der Waals surface area contributed by atoms with Gasteiger partial charge in [-0.3, -0.25) is 0 Å². The number of hydrogen-bond acceptors (Lipinski definition) is 3. The van der Waals surface area contributed by atoms with Crippen LogP contribution in [0.15, 0.2) is 18.2 Å². The molecule has 90 valence electrons. The first-order valence-corrected chi connectivity index (χ1v) is 6.10. The van der Waals surface area contributed by atoms with Crippen LogP contribution in [-0.2, 0) is 11.3 Å². The maximum atomic E-state index is 8.80. The van der Waals surface area contributed by atoms with E-state index in [1.54, 1.807) is 0 Å². The van der Waals surface area contributed by atoms with Gasteiger partial charge in [0.2, 0.25) is 0 Å². The summed E-state index contributed by atoms with van der Waals surface area (Å²) in [4.78, 5) is 0. The van der Waals surface area contributed by atoms with Crippen LogP contribution in [0.25, 0.3) is 0 Å². The second-order valence-electron chi connectivity index (χ2n) is 4.55. The van der Waals surface area contributed by atoms with E-state index < -0.39 is 0 Å². The molecule has 3 nitrogen and oxygen atoms in total. The molecule has 1 aliphatic rings. The molecule has 1 fully saturated rings. The highest BCUT2D eigenvalue weighted by Gasteiger charge is 2.13. The van der Waals surface area contributed by atoms with Crippen molar-refractivity contribution in [1.29, 1.82) is 5.26 Å². The van der Waals surface area contributed by atoms with Gasteiger partial charge in [0.1, 0.15) is 0 Å². The second-order valence-corrected chi connectivity index (χ2v) is 4.55. The van der Waals surface area contributed by atoms with Crippen molar-refractivity contribution in [3.05, 3.63) is 34.9 Å². The van der Waals surface area contributed by atoms with Crippen LogP contribution in [0, 0.1) is 18.3 Å². The van der Waals surface area contributed by atoms with Crippen LogP contribution in [0.4, 0.5) is 0 Å². The van der Waals surface area contributed by atoms with Crippen molar-refractivity contribution in [2.24, 2.45) is 0 Å². The smallest absolute Gasteiger partial charge is 0.0991 e. The van der Waals surface area contributed by atoms with Gasteiger partial charge in [-0.15, -0.1) is 0 Å². The van der Waals surface area contributed by atoms with Gasteiger partial charge in [-0.2, -0.15) is 5.26 Å². The lowest BCUT2D eigenvalue weighted by Crippen LogP contribution is -2.36. The summed E-state index contributed by atoms with van der Waals surface area (Å²) in [7, 11) is 0. The first-order valence-electron chi connectivity index (χ1n) is 6.10. The average Bonchev–Trinajstić information content (AvgIpc) is 2.38. The van der Waals surface area contributed by atoms with Crippen molar-refractivity contribution < 1.29 is 4.74 Å². The molecule has 1 unspecified atom stereocenters. The minimum absolute atomic E-state index is 0.471. The minimum Gasteiger partial charge on any atom is -0.380 e. The van der Waals surface area contributed by atoms with E-state index in [9.17, 15) is 0 Å². The molecule has 0 bridgehead atoms. The highest BCUT2D eigenvalue weighted by molar-refractivity contribution is 5.37. The molecule has 2 rings (SSSR count). The lowest BCUT2D eigenvalue weighted by atomic mass is 10.0. The Morgan fingerprint density at radius 3 is 3.06 bits per heavy atom. The molecule has 1 aromatic carbocycles. The molecule has 0 amide bonds. The van der Waals surface area contributed by atoms with Crippen molar-refractivity contribution in [3.8, 4) is 6.07 Å². The van der Waals surface area contributed by atoms with E-state index in [0.717, 1.165) is 31.7 Å². The van der Waals surface area contributed by atoms with Crippen molar-refractivity contribution in [1.82, 2.24) is 5.32 Å². The summed E-state index contributed by atoms with van der Waals surface area (Å²) in [6, 6.07) is 8.48. The first-order chi connectivity index (χ1) is 8.29. The van der Waals surface area contributed by atoms with Gasteiger partial charge in [0.05, 0.1) is 18.2 Å². The molecule has 1 N–H and O–H groups in total. The fourth-order valence-corrected chi connectivity index (χ4v) is 2.12. The van der Waals surface area contributed by atoms with E-state index in [1.165, 1.54) is 17.5 Å². The number of ether oxygens (including phenoxy) is 1. The van der Waals surface area contributed by atoms with Crippen molar-refractivity contribution >= 4 is 0 Å². The summed E-state index contributed by atoms with van der Waals surface area (Å²) < 4.78 is 5.43. The fraction of sp³-hybridized carbons (Fsp3) is 0.500. The van der Waals surface area contributed by atoms with Crippen molar-refractivity contribution in [2.75, 3.05) is 13.2 Å². The Morgan fingerprint density at radius 1 is 1.53 bits per heavy atom.